The van der Waals surface area contributed by atoms with Crippen LogP contribution in [0.2, 0.25) is 0 Å². The zero-order chi connectivity index (χ0) is 16.4. The number of aryl methyl sites for hydroxylation is 1. The van der Waals surface area contributed by atoms with Gasteiger partial charge in [-0.05, 0) is 31.2 Å². The van der Waals surface area contributed by atoms with Crippen molar-refractivity contribution < 1.29 is 4.42 Å². The lowest BCUT2D eigenvalue weighted by atomic mass is 10.2. The van der Waals surface area contributed by atoms with Crippen LogP contribution in [0.4, 0.5) is 5.82 Å². The SMILES string of the molecule is Cc1nc(CN2CCN(c3ccc(-c4ccco4)nn3)CC2)cs1. The Morgan fingerprint density at radius 3 is 2.62 bits per heavy atom. The van der Waals surface area contributed by atoms with Gasteiger partial charge in [0, 0.05) is 38.1 Å². The summed E-state index contributed by atoms with van der Waals surface area (Å²) in [4.78, 5) is 9.27. The molecule has 0 atom stereocenters. The van der Waals surface area contributed by atoms with Gasteiger partial charge < -0.3 is 9.32 Å². The van der Waals surface area contributed by atoms with Gasteiger partial charge in [-0.2, -0.15) is 0 Å². The summed E-state index contributed by atoms with van der Waals surface area (Å²) in [6, 6.07) is 7.73. The Morgan fingerprint density at radius 1 is 1.12 bits per heavy atom. The number of thiazole rings is 1. The summed E-state index contributed by atoms with van der Waals surface area (Å²) in [6.45, 7) is 6.92. The molecule has 0 spiro atoms. The highest BCUT2D eigenvalue weighted by molar-refractivity contribution is 7.09. The molecule has 3 aromatic rings. The van der Waals surface area contributed by atoms with E-state index in [2.05, 4.69) is 37.3 Å². The third kappa shape index (κ3) is 3.32. The monoisotopic (exact) mass is 341 g/mol. The lowest BCUT2D eigenvalue weighted by molar-refractivity contribution is 0.247. The molecule has 4 rings (SSSR count). The van der Waals surface area contributed by atoms with Gasteiger partial charge in [-0.1, -0.05) is 0 Å². The Kier molecular flexibility index (Phi) is 4.27. The Labute approximate surface area is 144 Å². The Balaban J connectivity index is 1.35. The summed E-state index contributed by atoms with van der Waals surface area (Å²) in [6.07, 6.45) is 1.65. The van der Waals surface area contributed by atoms with Crippen LogP contribution in [0.3, 0.4) is 0 Å². The highest BCUT2D eigenvalue weighted by atomic mass is 32.1. The van der Waals surface area contributed by atoms with Crippen LogP contribution in [0.15, 0.2) is 40.3 Å². The van der Waals surface area contributed by atoms with Crippen LogP contribution in [0.1, 0.15) is 10.7 Å². The number of hydrogen-bond donors (Lipinski definition) is 0. The molecular weight excluding hydrogens is 322 g/mol. The van der Waals surface area contributed by atoms with E-state index in [0.29, 0.717) is 0 Å². The van der Waals surface area contributed by atoms with Crippen LogP contribution in [0.5, 0.6) is 0 Å². The molecule has 124 valence electrons. The van der Waals surface area contributed by atoms with Crippen LogP contribution < -0.4 is 4.90 Å². The molecule has 1 saturated heterocycles. The smallest absolute Gasteiger partial charge is 0.154 e. The number of anilines is 1. The van der Waals surface area contributed by atoms with Crippen molar-refractivity contribution >= 4 is 17.2 Å². The first-order valence-electron chi connectivity index (χ1n) is 8.04. The minimum absolute atomic E-state index is 0.748. The van der Waals surface area contributed by atoms with Gasteiger partial charge in [-0.25, -0.2) is 4.98 Å². The van der Waals surface area contributed by atoms with Gasteiger partial charge in [-0.15, -0.1) is 21.5 Å². The molecule has 1 aliphatic heterocycles. The van der Waals surface area contributed by atoms with Crippen molar-refractivity contribution in [3.63, 3.8) is 0 Å². The molecule has 0 bridgehead atoms. The summed E-state index contributed by atoms with van der Waals surface area (Å²) in [7, 11) is 0. The van der Waals surface area contributed by atoms with Crippen LogP contribution >= 0.6 is 11.3 Å². The predicted octanol–water partition coefficient (Wildman–Crippen LogP) is 2.82. The first-order chi connectivity index (χ1) is 11.8. The maximum atomic E-state index is 5.35. The zero-order valence-corrected chi connectivity index (χ0v) is 14.4. The van der Waals surface area contributed by atoms with E-state index in [1.54, 1.807) is 17.6 Å². The van der Waals surface area contributed by atoms with Gasteiger partial charge in [0.15, 0.2) is 11.6 Å². The lowest BCUT2D eigenvalue weighted by Gasteiger charge is -2.34. The second kappa shape index (κ2) is 6.70. The Bertz CT molecular complexity index is 776. The third-order valence-corrected chi connectivity index (χ3v) is 4.99. The summed E-state index contributed by atoms with van der Waals surface area (Å²) in [5.74, 6) is 1.67. The molecule has 0 N–H and O–H groups in total. The quantitative estimate of drug-likeness (QED) is 0.727. The highest BCUT2D eigenvalue weighted by Crippen LogP contribution is 2.20. The predicted molar refractivity (Wildman–Crippen MR) is 94.1 cm³/mol. The van der Waals surface area contributed by atoms with Crippen molar-refractivity contribution in [2.45, 2.75) is 13.5 Å². The molecule has 0 saturated carbocycles. The average Bonchev–Trinajstić information content (AvgIpc) is 3.28. The molecule has 0 radical (unpaired) electrons. The van der Waals surface area contributed by atoms with Gasteiger partial charge >= 0.3 is 0 Å². The molecule has 1 fully saturated rings. The molecule has 7 heteroatoms. The number of aromatic nitrogens is 3. The van der Waals surface area contributed by atoms with Gasteiger partial charge in [0.05, 0.1) is 17.0 Å². The highest BCUT2D eigenvalue weighted by Gasteiger charge is 2.19. The molecule has 0 amide bonds. The number of nitrogens with zero attached hydrogens (tertiary/aromatic N) is 5. The maximum Gasteiger partial charge on any atom is 0.154 e. The Morgan fingerprint density at radius 2 is 2.00 bits per heavy atom. The van der Waals surface area contributed by atoms with E-state index in [9.17, 15) is 0 Å². The standard InChI is InChI=1S/C17H19N5OS/c1-13-18-14(12-24-13)11-21-6-8-22(9-7-21)17-5-4-15(19-20-17)16-3-2-10-23-16/h2-5,10,12H,6-9,11H2,1H3. The normalized spacial score (nSPS) is 15.8. The van der Waals surface area contributed by atoms with Crippen molar-refractivity contribution in [2.75, 3.05) is 31.1 Å². The van der Waals surface area contributed by atoms with E-state index in [1.165, 1.54) is 5.69 Å². The second-order valence-corrected chi connectivity index (χ2v) is 6.94. The van der Waals surface area contributed by atoms with Gasteiger partial charge in [0.25, 0.3) is 0 Å². The van der Waals surface area contributed by atoms with Crippen LogP contribution in [0.25, 0.3) is 11.5 Å². The molecule has 0 unspecified atom stereocenters. The van der Waals surface area contributed by atoms with Crippen LogP contribution in [-0.4, -0.2) is 46.3 Å². The van der Waals surface area contributed by atoms with E-state index in [-0.39, 0.29) is 0 Å². The van der Waals surface area contributed by atoms with Crippen LogP contribution in [-0.2, 0) is 6.54 Å². The van der Waals surface area contributed by atoms with Crippen molar-refractivity contribution in [1.82, 2.24) is 20.1 Å². The lowest BCUT2D eigenvalue weighted by Crippen LogP contribution is -2.46. The van der Waals surface area contributed by atoms with E-state index < -0.39 is 0 Å². The number of hydrogen-bond acceptors (Lipinski definition) is 7. The molecule has 1 aliphatic rings. The molecule has 3 aromatic heterocycles. The largest absolute Gasteiger partial charge is 0.463 e. The maximum absolute atomic E-state index is 5.35. The van der Waals surface area contributed by atoms with E-state index in [0.717, 1.165) is 55.0 Å². The minimum atomic E-state index is 0.748. The van der Waals surface area contributed by atoms with Crippen molar-refractivity contribution in [3.05, 3.63) is 46.6 Å². The van der Waals surface area contributed by atoms with Crippen LogP contribution in [0, 0.1) is 6.92 Å². The second-order valence-electron chi connectivity index (χ2n) is 5.88. The number of piperazine rings is 1. The average molecular weight is 341 g/mol. The first-order valence-corrected chi connectivity index (χ1v) is 8.92. The molecule has 0 aromatic carbocycles. The number of rotatable bonds is 4. The number of furan rings is 1. The van der Waals surface area contributed by atoms with E-state index >= 15 is 0 Å². The Hall–Kier alpha value is -2.25. The summed E-state index contributed by atoms with van der Waals surface area (Å²) in [5, 5.41) is 11.9. The fourth-order valence-electron chi connectivity index (χ4n) is 2.89. The van der Waals surface area contributed by atoms with Gasteiger partial charge in [-0.3, -0.25) is 4.90 Å². The van der Waals surface area contributed by atoms with Gasteiger partial charge in [0.2, 0.25) is 0 Å². The van der Waals surface area contributed by atoms with Crippen molar-refractivity contribution in [2.24, 2.45) is 0 Å². The van der Waals surface area contributed by atoms with E-state index in [1.807, 2.05) is 24.3 Å². The molecule has 6 nitrogen and oxygen atoms in total. The van der Waals surface area contributed by atoms with Gasteiger partial charge in [0.1, 0.15) is 5.69 Å². The van der Waals surface area contributed by atoms with Crippen molar-refractivity contribution in [3.8, 4) is 11.5 Å². The summed E-state index contributed by atoms with van der Waals surface area (Å²) >= 11 is 1.72. The minimum Gasteiger partial charge on any atom is -0.463 e. The third-order valence-electron chi connectivity index (χ3n) is 4.17. The summed E-state index contributed by atoms with van der Waals surface area (Å²) in [5.41, 5.74) is 1.94. The molecule has 24 heavy (non-hydrogen) atoms. The zero-order valence-electron chi connectivity index (χ0n) is 13.6. The molecular formula is C17H19N5OS. The molecule has 4 heterocycles. The molecule has 0 aliphatic carbocycles. The first kappa shape index (κ1) is 15.3. The van der Waals surface area contributed by atoms with Crippen molar-refractivity contribution in [1.29, 1.82) is 0 Å². The topological polar surface area (TPSA) is 58.3 Å². The van der Waals surface area contributed by atoms with E-state index in [4.69, 9.17) is 4.42 Å². The fraction of sp³-hybridized carbons (Fsp3) is 0.353. The fourth-order valence-corrected chi connectivity index (χ4v) is 3.50. The summed E-state index contributed by atoms with van der Waals surface area (Å²) < 4.78 is 5.35.